The topological polar surface area (TPSA) is 80.1 Å². The summed E-state index contributed by atoms with van der Waals surface area (Å²) in [5.74, 6) is -0.691. The second-order valence-corrected chi connectivity index (χ2v) is 8.05. The molecular weight excluding hydrogens is 372 g/mol. The largest absolute Gasteiger partial charge is 0.459 e. The summed E-state index contributed by atoms with van der Waals surface area (Å²) in [6, 6.07) is 10.5. The number of carbonyl (C=O) groups excluding carboxylic acids is 3. The molecule has 0 atom stereocenters. The molecule has 0 bridgehead atoms. The van der Waals surface area contributed by atoms with E-state index in [0.717, 1.165) is 5.56 Å². The van der Waals surface area contributed by atoms with E-state index >= 15 is 0 Å². The molecule has 1 aromatic heterocycles. The number of amides is 2. The summed E-state index contributed by atoms with van der Waals surface area (Å²) < 4.78 is 10.3. The minimum atomic E-state index is -0.523. The molecule has 2 heterocycles. The van der Waals surface area contributed by atoms with Gasteiger partial charge in [-0.3, -0.25) is 9.59 Å². The summed E-state index contributed by atoms with van der Waals surface area (Å²) in [5.41, 5.74) is 1.53. The van der Waals surface area contributed by atoms with Crippen LogP contribution in [0.1, 0.15) is 47.2 Å². The third-order valence-corrected chi connectivity index (χ3v) is 4.96. The van der Waals surface area contributed by atoms with Crippen LogP contribution in [0, 0.1) is 0 Å². The van der Waals surface area contributed by atoms with Crippen LogP contribution < -0.4 is 0 Å². The van der Waals surface area contributed by atoms with Crippen LogP contribution in [0.5, 0.6) is 0 Å². The first-order valence-corrected chi connectivity index (χ1v) is 9.64. The second-order valence-electron chi connectivity index (χ2n) is 8.05. The number of ether oxygens (including phenoxy) is 1. The van der Waals surface area contributed by atoms with Gasteiger partial charge in [-0.1, -0.05) is 32.9 Å². The molecule has 0 aliphatic carbocycles. The van der Waals surface area contributed by atoms with Gasteiger partial charge < -0.3 is 19.0 Å². The summed E-state index contributed by atoms with van der Waals surface area (Å²) in [4.78, 5) is 40.1. The number of benzene rings is 1. The second kappa shape index (κ2) is 8.51. The molecule has 0 unspecified atom stereocenters. The third-order valence-electron chi connectivity index (χ3n) is 4.96. The molecule has 3 rings (SSSR count). The van der Waals surface area contributed by atoms with Crippen LogP contribution in [0.15, 0.2) is 47.1 Å². The van der Waals surface area contributed by atoms with E-state index in [1.807, 2.05) is 12.1 Å². The highest BCUT2D eigenvalue weighted by Crippen LogP contribution is 2.22. The first-order chi connectivity index (χ1) is 13.8. The average Bonchev–Trinajstić information content (AvgIpc) is 3.25. The van der Waals surface area contributed by atoms with Gasteiger partial charge in [-0.2, -0.15) is 0 Å². The molecule has 1 saturated heterocycles. The Bertz CT molecular complexity index is 858. The Morgan fingerprint density at radius 2 is 1.59 bits per heavy atom. The predicted molar refractivity (Wildman–Crippen MR) is 107 cm³/mol. The monoisotopic (exact) mass is 398 g/mol. The molecule has 1 fully saturated rings. The predicted octanol–water partition coefficient (Wildman–Crippen LogP) is 2.72. The Morgan fingerprint density at radius 3 is 2.14 bits per heavy atom. The van der Waals surface area contributed by atoms with Crippen LogP contribution in [0.3, 0.4) is 0 Å². The fourth-order valence-electron chi connectivity index (χ4n) is 3.12. The molecule has 2 amide bonds. The molecule has 1 aliphatic heterocycles. The summed E-state index contributed by atoms with van der Waals surface area (Å²) in [7, 11) is 0. The van der Waals surface area contributed by atoms with Gasteiger partial charge in [0.05, 0.1) is 11.8 Å². The number of piperazine rings is 1. The van der Waals surface area contributed by atoms with E-state index in [9.17, 15) is 14.4 Å². The zero-order chi connectivity index (χ0) is 21.0. The van der Waals surface area contributed by atoms with Crippen molar-refractivity contribution in [1.29, 1.82) is 0 Å². The van der Waals surface area contributed by atoms with E-state index in [1.165, 1.54) is 6.26 Å². The van der Waals surface area contributed by atoms with Gasteiger partial charge in [0.15, 0.2) is 12.4 Å². The summed E-state index contributed by atoms with van der Waals surface area (Å²) >= 11 is 0. The maximum absolute atomic E-state index is 12.4. The van der Waals surface area contributed by atoms with Crippen molar-refractivity contribution in [3.63, 3.8) is 0 Å². The molecule has 7 heteroatoms. The van der Waals surface area contributed by atoms with E-state index in [-0.39, 0.29) is 29.6 Å². The molecule has 0 N–H and O–H groups in total. The van der Waals surface area contributed by atoms with Crippen molar-refractivity contribution in [2.24, 2.45) is 0 Å². The molecule has 2 aromatic rings. The van der Waals surface area contributed by atoms with Crippen LogP contribution >= 0.6 is 0 Å². The quantitative estimate of drug-likeness (QED) is 0.740. The van der Waals surface area contributed by atoms with Gasteiger partial charge in [0, 0.05) is 26.2 Å². The van der Waals surface area contributed by atoms with Gasteiger partial charge in [-0.25, -0.2) is 4.79 Å². The summed E-state index contributed by atoms with van der Waals surface area (Å²) in [6.07, 6.45) is 1.46. The van der Waals surface area contributed by atoms with E-state index < -0.39 is 5.97 Å². The van der Waals surface area contributed by atoms with Crippen molar-refractivity contribution in [1.82, 2.24) is 9.80 Å². The fourth-order valence-corrected chi connectivity index (χ4v) is 3.12. The van der Waals surface area contributed by atoms with Crippen molar-refractivity contribution in [3.8, 4) is 0 Å². The zero-order valence-electron chi connectivity index (χ0n) is 17.0. The summed E-state index contributed by atoms with van der Waals surface area (Å²) in [5, 5.41) is 0. The van der Waals surface area contributed by atoms with Crippen LogP contribution in [-0.4, -0.2) is 60.4 Å². The van der Waals surface area contributed by atoms with Gasteiger partial charge >= 0.3 is 5.97 Å². The molecule has 1 aliphatic rings. The molecule has 0 saturated carbocycles. The SMILES string of the molecule is CC(C)(C)c1ccc(C(=O)OCC(=O)N2CCN(C(=O)c3ccco3)CC2)cc1. The molecule has 1 aromatic carbocycles. The highest BCUT2D eigenvalue weighted by molar-refractivity contribution is 5.92. The van der Waals surface area contributed by atoms with E-state index in [0.29, 0.717) is 31.7 Å². The lowest BCUT2D eigenvalue weighted by atomic mass is 9.87. The number of rotatable bonds is 4. The standard InChI is InChI=1S/C22H26N2O5/c1-22(2,3)17-8-6-16(7-9-17)21(27)29-15-19(25)23-10-12-24(13-11-23)20(26)18-5-4-14-28-18/h4-9,14H,10-13,15H2,1-3H3. The number of furan rings is 1. The highest BCUT2D eigenvalue weighted by atomic mass is 16.5. The van der Waals surface area contributed by atoms with Crippen LogP contribution in [0.4, 0.5) is 0 Å². The lowest BCUT2D eigenvalue weighted by Crippen LogP contribution is -2.51. The maximum Gasteiger partial charge on any atom is 0.338 e. The van der Waals surface area contributed by atoms with Gasteiger partial charge in [0.25, 0.3) is 11.8 Å². The number of nitrogens with zero attached hydrogens (tertiary/aromatic N) is 2. The Labute approximate surface area is 170 Å². The van der Waals surface area contributed by atoms with Gasteiger partial charge in [0.2, 0.25) is 0 Å². The third kappa shape index (κ3) is 5.04. The first kappa shape index (κ1) is 20.6. The normalized spacial score (nSPS) is 14.6. The highest BCUT2D eigenvalue weighted by Gasteiger charge is 2.26. The van der Waals surface area contributed by atoms with E-state index in [2.05, 4.69) is 20.8 Å². The maximum atomic E-state index is 12.4. The van der Waals surface area contributed by atoms with Crippen molar-refractivity contribution in [2.75, 3.05) is 32.8 Å². The molecule has 7 nitrogen and oxygen atoms in total. The Hall–Kier alpha value is -3.09. The van der Waals surface area contributed by atoms with Crippen molar-refractivity contribution < 1.29 is 23.5 Å². The van der Waals surface area contributed by atoms with E-state index in [1.54, 1.807) is 34.1 Å². The minimum Gasteiger partial charge on any atom is -0.459 e. The van der Waals surface area contributed by atoms with Crippen LogP contribution in [0.2, 0.25) is 0 Å². The van der Waals surface area contributed by atoms with E-state index in [4.69, 9.17) is 9.15 Å². The molecule has 154 valence electrons. The number of esters is 1. The lowest BCUT2D eigenvalue weighted by molar-refractivity contribution is -0.136. The first-order valence-electron chi connectivity index (χ1n) is 9.64. The van der Waals surface area contributed by atoms with Gasteiger partial charge in [-0.05, 0) is 35.2 Å². The average molecular weight is 398 g/mol. The van der Waals surface area contributed by atoms with Crippen molar-refractivity contribution in [2.45, 2.75) is 26.2 Å². The summed E-state index contributed by atoms with van der Waals surface area (Å²) in [6.45, 7) is 7.59. The Morgan fingerprint density at radius 1 is 0.966 bits per heavy atom. The number of hydrogen-bond donors (Lipinski definition) is 0. The van der Waals surface area contributed by atoms with Gasteiger partial charge in [0.1, 0.15) is 0 Å². The van der Waals surface area contributed by atoms with Gasteiger partial charge in [-0.15, -0.1) is 0 Å². The minimum absolute atomic E-state index is 0.00112. The zero-order valence-corrected chi connectivity index (χ0v) is 17.0. The number of carbonyl (C=O) groups is 3. The van der Waals surface area contributed by atoms with Crippen LogP contribution in [-0.2, 0) is 14.9 Å². The fraction of sp³-hybridized carbons (Fsp3) is 0.409. The van der Waals surface area contributed by atoms with Crippen LogP contribution in [0.25, 0.3) is 0 Å². The van der Waals surface area contributed by atoms with Crippen molar-refractivity contribution in [3.05, 3.63) is 59.5 Å². The number of hydrogen-bond acceptors (Lipinski definition) is 5. The molecular formula is C22H26N2O5. The molecule has 0 spiro atoms. The Kier molecular flexibility index (Phi) is 6.06. The smallest absolute Gasteiger partial charge is 0.338 e. The van der Waals surface area contributed by atoms with Crippen molar-refractivity contribution >= 4 is 17.8 Å². The molecule has 0 radical (unpaired) electrons. The lowest BCUT2D eigenvalue weighted by Gasteiger charge is -2.34. The Balaban J connectivity index is 1.46. The molecule has 29 heavy (non-hydrogen) atoms.